The van der Waals surface area contributed by atoms with Crippen molar-refractivity contribution in [1.29, 1.82) is 0 Å². The number of esters is 1. The first-order valence-corrected chi connectivity index (χ1v) is 11.9. The Hall–Kier alpha value is -2.43. The number of nitrogens with one attached hydrogen (secondary N) is 1. The van der Waals surface area contributed by atoms with E-state index in [0.717, 1.165) is 48.1 Å². The van der Waals surface area contributed by atoms with Gasteiger partial charge in [-0.15, -0.1) is 0 Å². The lowest BCUT2D eigenvalue weighted by atomic mass is 9.48. The van der Waals surface area contributed by atoms with Crippen LogP contribution < -0.4 is 5.32 Å². The molecule has 5 nitrogen and oxygen atoms in total. The molecular formula is C27H35NO4. The third-order valence-corrected chi connectivity index (χ3v) is 7.24. The Labute approximate surface area is 191 Å². The Kier molecular flexibility index (Phi) is 6.28. The quantitative estimate of drug-likeness (QED) is 0.504. The van der Waals surface area contributed by atoms with E-state index in [9.17, 15) is 14.4 Å². The van der Waals surface area contributed by atoms with E-state index in [2.05, 4.69) is 5.32 Å². The maximum absolute atomic E-state index is 13.1. The van der Waals surface area contributed by atoms with Crippen molar-refractivity contribution in [3.8, 4) is 0 Å². The van der Waals surface area contributed by atoms with Crippen molar-refractivity contribution in [3.63, 3.8) is 0 Å². The molecule has 4 bridgehead atoms. The lowest BCUT2D eigenvalue weighted by Gasteiger charge is -2.56. The highest BCUT2D eigenvalue weighted by molar-refractivity contribution is 5.91. The van der Waals surface area contributed by atoms with Crippen LogP contribution in [0.5, 0.6) is 0 Å². The summed E-state index contributed by atoms with van der Waals surface area (Å²) in [6.07, 6.45) is 10.4. The smallest absolute Gasteiger partial charge is 0.331 e. The fourth-order valence-corrected chi connectivity index (χ4v) is 6.31. The largest absolute Gasteiger partial charge is 0.457 e. The van der Waals surface area contributed by atoms with Crippen LogP contribution in [-0.4, -0.2) is 29.8 Å². The van der Waals surface area contributed by atoms with Crippen molar-refractivity contribution < 1.29 is 19.1 Å². The monoisotopic (exact) mass is 437 g/mol. The Morgan fingerprint density at radius 2 is 1.56 bits per heavy atom. The van der Waals surface area contributed by atoms with E-state index in [-0.39, 0.29) is 36.0 Å². The molecular weight excluding hydrogens is 402 g/mol. The average Bonchev–Trinajstić information content (AvgIpc) is 2.69. The molecule has 1 amide bonds. The molecule has 0 saturated heterocycles. The summed E-state index contributed by atoms with van der Waals surface area (Å²) in [5.41, 5.74) is 1.05. The summed E-state index contributed by atoms with van der Waals surface area (Å²) in [4.78, 5) is 37.3. The molecule has 172 valence electrons. The molecule has 1 N–H and O–H groups in total. The van der Waals surface area contributed by atoms with Crippen LogP contribution in [0.4, 0.5) is 0 Å². The Morgan fingerprint density at radius 3 is 2.09 bits per heavy atom. The number of amides is 1. The van der Waals surface area contributed by atoms with E-state index in [1.807, 2.05) is 45.0 Å². The number of hydrogen-bond donors (Lipinski definition) is 1. The first-order chi connectivity index (χ1) is 15.1. The molecule has 0 aliphatic heterocycles. The second kappa shape index (κ2) is 8.84. The molecule has 0 atom stereocenters. The van der Waals surface area contributed by atoms with Crippen LogP contribution in [-0.2, 0) is 25.5 Å². The highest BCUT2D eigenvalue weighted by Crippen LogP contribution is 2.60. The topological polar surface area (TPSA) is 72.5 Å². The van der Waals surface area contributed by atoms with Gasteiger partial charge in [-0.2, -0.15) is 0 Å². The van der Waals surface area contributed by atoms with Crippen LogP contribution >= 0.6 is 0 Å². The van der Waals surface area contributed by atoms with Crippen LogP contribution in [0.15, 0.2) is 30.3 Å². The number of ether oxygens (including phenoxy) is 1. The lowest BCUT2D eigenvalue weighted by molar-refractivity contribution is -0.148. The van der Waals surface area contributed by atoms with E-state index in [4.69, 9.17) is 4.74 Å². The summed E-state index contributed by atoms with van der Waals surface area (Å²) in [5.74, 6) is 1.91. The second-order valence-electron chi connectivity index (χ2n) is 11.2. The Bertz CT molecular complexity index is 871. The van der Waals surface area contributed by atoms with Gasteiger partial charge < -0.3 is 10.1 Å². The van der Waals surface area contributed by atoms with E-state index in [0.29, 0.717) is 0 Å². The molecule has 1 aromatic carbocycles. The number of carbonyl (C=O) groups is 3. The molecule has 4 aliphatic carbocycles. The molecule has 4 fully saturated rings. The van der Waals surface area contributed by atoms with Crippen molar-refractivity contribution in [2.24, 2.45) is 23.2 Å². The van der Waals surface area contributed by atoms with E-state index in [1.54, 1.807) is 6.08 Å². The van der Waals surface area contributed by atoms with Gasteiger partial charge in [0.05, 0.1) is 13.0 Å². The highest BCUT2D eigenvalue weighted by atomic mass is 16.6. The van der Waals surface area contributed by atoms with Crippen molar-refractivity contribution in [3.05, 3.63) is 41.5 Å². The lowest BCUT2D eigenvalue weighted by Crippen LogP contribution is -2.52. The summed E-state index contributed by atoms with van der Waals surface area (Å²) >= 11 is 0. The van der Waals surface area contributed by atoms with Gasteiger partial charge in [-0.05, 0) is 94.3 Å². The SMILES string of the molecule is CC(C)(C)OC(=O)C=Cc1ccc(CC(=O)NCC(=O)C23CC4CC(CC(C4)C2)C3)cc1. The number of rotatable bonds is 7. The van der Waals surface area contributed by atoms with Crippen LogP contribution in [0.3, 0.4) is 0 Å². The zero-order chi connectivity index (χ0) is 22.9. The van der Waals surface area contributed by atoms with Crippen molar-refractivity contribution >= 4 is 23.7 Å². The summed E-state index contributed by atoms with van der Waals surface area (Å²) in [6, 6.07) is 7.47. The molecule has 0 aromatic heterocycles. The molecule has 5 heteroatoms. The van der Waals surface area contributed by atoms with Gasteiger partial charge in [-0.25, -0.2) is 4.79 Å². The van der Waals surface area contributed by atoms with Crippen molar-refractivity contribution in [2.45, 2.75) is 71.3 Å². The summed E-state index contributed by atoms with van der Waals surface area (Å²) < 4.78 is 5.25. The minimum Gasteiger partial charge on any atom is -0.457 e. The summed E-state index contributed by atoms with van der Waals surface area (Å²) in [6.45, 7) is 5.64. The van der Waals surface area contributed by atoms with Gasteiger partial charge in [-0.3, -0.25) is 9.59 Å². The predicted molar refractivity (Wildman–Crippen MR) is 124 cm³/mol. The molecule has 0 radical (unpaired) electrons. The maximum Gasteiger partial charge on any atom is 0.331 e. The third kappa shape index (κ3) is 5.48. The second-order valence-corrected chi connectivity index (χ2v) is 11.2. The van der Waals surface area contributed by atoms with E-state index >= 15 is 0 Å². The number of ketones is 1. The van der Waals surface area contributed by atoms with Crippen LogP contribution in [0.25, 0.3) is 6.08 Å². The first kappa shape index (κ1) is 22.8. The van der Waals surface area contributed by atoms with Gasteiger partial charge in [-0.1, -0.05) is 24.3 Å². The molecule has 32 heavy (non-hydrogen) atoms. The molecule has 0 heterocycles. The standard InChI is InChI=1S/C27H35NO4/c1-26(2,3)32-25(31)9-8-18-4-6-19(7-5-18)13-24(30)28-17-23(29)27-14-20-10-21(15-27)12-22(11-20)16-27/h4-9,20-22H,10-17H2,1-3H3,(H,28,30). The zero-order valence-corrected chi connectivity index (χ0v) is 19.5. The van der Waals surface area contributed by atoms with Gasteiger partial charge in [0, 0.05) is 11.5 Å². The van der Waals surface area contributed by atoms with Crippen LogP contribution in [0.2, 0.25) is 0 Å². The Balaban J connectivity index is 1.25. The zero-order valence-electron chi connectivity index (χ0n) is 19.5. The highest BCUT2D eigenvalue weighted by Gasteiger charge is 2.54. The van der Waals surface area contributed by atoms with E-state index < -0.39 is 5.60 Å². The van der Waals surface area contributed by atoms with Gasteiger partial charge >= 0.3 is 5.97 Å². The maximum atomic E-state index is 13.1. The number of benzene rings is 1. The van der Waals surface area contributed by atoms with Gasteiger partial charge in [0.2, 0.25) is 5.91 Å². The first-order valence-electron chi connectivity index (χ1n) is 11.9. The number of carbonyl (C=O) groups excluding carboxylic acids is 3. The van der Waals surface area contributed by atoms with Gasteiger partial charge in [0.15, 0.2) is 5.78 Å². The summed E-state index contributed by atoms with van der Waals surface area (Å²) in [5, 5.41) is 2.87. The fourth-order valence-electron chi connectivity index (χ4n) is 6.31. The molecule has 4 saturated carbocycles. The number of Topliss-reactive ketones (excluding diaryl/α,β-unsaturated/α-hetero) is 1. The van der Waals surface area contributed by atoms with Crippen molar-refractivity contribution in [1.82, 2.24) is 5.32 Å². The minimum absolute atomic E-state index is 0.125. The molecule has 0 unspecified atom stereocenters. The van der Waals surface area contributed by atoms with Gasteiger partial charge in [0.25, 0.3) is 0 Å². The molecule has 5 rings (SSSR count). The third-order valence-electron chi connectivity index (χ3n) is 7.24. The summed E-state index contributed by atoms with van der Waals surface area (Å²) in [7, 11) is 0. The molecule has 1 aromatic rings. The normalized spacial score (nSPS) is 28.7. The fraction of sp³-hybridized carbons (Fsp3) is 0.593. The number of hydrogen-bond acceptors (Lipinski definition) is 4. The van der Waals surface area contributed by atoms with Crippen LogP contribution in [0.1, 0.15) is 70.4 Å². The Morgan fingerprint density at radius 1 is 1.00 bits per heavy atom. The molecule has 0 spiro atoms. The van der Waals surface area contributed by atoms with Gasteiger partial charge in [0.1, 0.15) is 5.60 Å². The molecule has 4 aliphatic rings. The van der Waals surface area contributed by atoms with Crippen molar-refractivity contribution in [2.75, 3.05) is 6.54 Å². The predicted octanol–water partition coefficient (Wildman–Crippen LogP) is 4.49. The van der Waals surface area contributed by atoms with E-state index in [1.165, 1.54) is 25.3 Å². The average molecular weight is 438 g/mol. The minimum atomic E-state index is -0.518. The van der Waals surface area contributed by atoms with Crippen LogP contribution in [0, 0.1) is 23.2 Å².